The molecule has 1 amide bonds. The number of cyclic esters (lactones) is 1. The van der Waals surface area contributed by atoms with E-state index in [2.05, 4.69) is 4.90 Å². The van der Waals surface area contributed by atoms with E-state index in [9.17, 15) is 9.59 Å². The molecule has 0 bridgehead atoms. The quantitative estimate of drug-likeness (QED) is 0.678. The van der Waals surface area contributed by atoms with Crippen LogP contribution >= 0.6 is 0 Å². The first-order chi connectivity index (χ1) is 14.2. The summed E-state index contributed by atoms with van der Waals surface area (Å²) in [5, 5.41) is 0. The number of rotatable bonds is 7. The normalized spacial score (nSPS) is 21.0. The second-order valence-electron chi connectivity index (χ2n) is 8.88. The smallest absolute Gasteiger partial charge is 0.414 e. The molecule has 8 nitrogen and oxygen atoms in total. The third-order valence-corrected chi connectivity index (χ3v) is 5.21. The summed E-state index contributed by atoms with van der Waals surface area (Å²) in [6.07, 6.45) is 1.26. The van der Waals surface area contributed by atoms with Gasteiger partial charge in [-0.15, -0.1) is 0 Å². The van der Waals surface area contributed by atoms with Gasteiger partial charge in [0.05, 0.1) is 12.6 Å². The van der Waals surface area contributed by atoms with Crippen LogP contribution in [-0.4, -0.2) is 67.6 Å². The van der Waals surface area contributed by atoms with Gasteiger partial charge >= 0.3 is 12.1 Å². The highest BCUT2D eigenvalue weighted by Crippen LogP contribution is 2.23. The van der Waals surface area contributed by atoms with Crippen LogP contribution in [0.5, 0.6) is 0 Å². The van der Waals surface area contributed by atoms with Crippen molar-refractivity contribution in [2.24, 2.45) is 5.73 Å². The molecule has 2 N–H and O–H groups in total. The van der Waals surface area contributed by atoms with E-state index in [0.29, 0.717) is 19.6 Å². The zero-order valence-electron chi connectivity index (χ0n) is 18.1. The zero-order valence-corrected chi connectivity index (χ0v) is 18.1. The van der Waals surface area contributed by atoms with Crippen LogP contribution < -0.4 is 10.6 Å². The number of esters is 1. The standard InChI is InChI=1S/C22H33N3O5/c1-22(2,3)30-20(26)15-28-18-8-10-24(11-9-18)13-19-14-25(21(27)29-19)17-6-4-16(12-23)5-7-17/h4-7,18-19H,8-15,23H2,1-3H3. The number of hydrogen-bond donors (Lipinski definition) is 1. The van der Waals surface area contributed by atoms with Gasteiger partial charge in [0.25, 0.3) is 0 Å². The van der Waals surface area contributed by atoms with Crippen LogP contribution in [0, 0.1) is 0 Å². The van der Waals surface area contributed by atoms with E-state index in [4.69, 9.17) is 19.9 Å². The highest BCUT2D eigenvalue weighted by Gasteiger charge is 2.34. The van der Waals surface area contributed by atoms with Crippen molar-refractivity contribution in [1.82, 2.24) is 4.90 Å². The Morgan fingerprint density at radius 3 is 2.47 bits per heavy atom. The lowest BCUT2D eigenvalue weighted by Gasteiger charge is -2.32. The third-order valence-electron chi connectivity index (χ3n) is 5.21. The number of nitrogens with zero attached hydrogens (tertiary/aromatic N) is 2. The lowest BCUT2D eigenvalue weighted by Crippen LogP contribution is -2.42. The molecule has 0 aromatic heterocycles. The molecular weight excluding hydrogens is 386 g/mol. The molecule has 166 valence electrons. The second kappa shape index (κ2) is 9.76. The average Bonchev–Trinajstić information content (AvgIpc) is 3.06. The van der Waals surface area contributed by atoms with Crippen LogP contribution in [0.2, 0.25) is 0 Å². The fourth-order valence-corrected chi connectivity index (χ4v) is 3.74. The number of amides is 1. The molecule has 2 fully saturated rings. The third kappa shape index (κ3) is 6.42. The van der Waals surface area contributed by atoms with Gasteiger partial charge in [0, 0.05) is 31.9 Å². The van der Waals surface area contributed by atoms with Crippen LogP contribution in [-0.2, 0) is 25.5 Å². The van der Waals surface area contributed by atoms with Crippen molar-refractivity contribution in [3.05, 3.63) is 29.8 Å². The molecule has 2 aliphatic heterocycles. The zero-order chi connectivity index (χ0) is 21.7. The Morgan fingerprint density at radius 1 is 1.20 bits per heavy atom. The number of nitrogens with two attached hydrogens (primary N) is 1. The van der Waals surface area contributed by atoms with Crippen LogP contribution in [0.3, 0.4) is 0 Å². The van der Waals surface area contributed by atoms with Crippen LogP contribution in [0.15, 0.2) is 24.3 Å². The molecule has 1 unspecified atom stereocenters. The van der Waals surface area contributed by atoms with E-state index in [1.54, 1.807) is 4.90 Å². The largest absolute Gasteiger partial charge is 0.458 e. The van der Waals surface area contributed by atoms with E-state index in [1.807, 2.05) is 45.0 Å². The van der Waals surface area contributed by atoms with Crippen molar-refractivity contribution in [3.8, 4) is 0 Å². The van der Waals surface area contributed by atoms with Gasteiger partial charge in [-0.25, -0.2) is 9.59 Å². The van der Waals surface area contributed by atoms with Gasteiger partial charge in [-0.2, -0.15) is 0 Å². The molecule has 1 atom stereocenters. The minimum Gasteiger partial charge on any atom is -0.458 e. The minimum atomic E-state index is -0.497. The molecule has 8 heteroatoms. The molecule has 0 saturated carbocycles. The summed E-state index contributed by atoms with van der Waals surface area (Å²) >= 11 is 0. The van der Waals surface area contributed by atoms with E-state index >= 15 is 0 Å². The maximum Gasteiger partial charge on any atom is 0.414 e. The number of benzene rings is 1. The number of hydrogen-bond acceptors (Lipinski definition) is 7. The van der Waals surface area contributed by atoms with Crippen molar-refractivity contribution in [3.63, 3.8) is 0 Å². The highest BCUT2D eigenvalue weighted by molar-refractivity contribution is 5.89. The summed E-state index contributed by atoms with van der Waals surface area (Å²) in [5.41, 5.74) is 6.99. The number of anilines is 1. The monoisotopic (exact) mass is 419 g/mol. The first-order valence-electron chi connectivity index (χ1n) is 10.6. The van der Waals surface area contributed by atoms with Gasteiger partial charge in [-0.1, -0.05) is 12.1 Å². The summed E-state index contributed by atoms with van der Waals surface area (Å²) in [5.74, 6) is -0.331. The van der Waals surface area contributed by atoms with E-state index in [0.717, 1.165) is 37.2 Å². The lowest BCUT2D eigenvalue weighted by molar-refractivity contribution is -0.163. The van der Waals surface area contributed by atoms with E-state index in [-0.39, 0.29) is 30.9 Å². The molecule has 2 aliphatic rings. The van der Waals surface area contributed by atoms with Crippen LogP contribution in [0.4, 0.5) is 10.5 Å². The summed E-state index contributed by atoms with van der Waals surface area (Å²) in [7, 11) is 0. The molecule has 1 aromatic carbocycles. The summed E-state index contributed by atoms with van der Waals surface area (Å²) in [6, 6.07) is 7.66. The number of ether oxygens (including phenoxy) is 3. The van der Waals surface area contributed by atoms with Crippen molar-refractivity contribution >= 4 is 17.7 Å². The van der Waals surface area contributed by atoms with Gasteiger partial charge in [0.15, 0.2) is 0 Å². The Morgan fingerprint density at radius 2 is 1.87 bits per heavy atom. The predicted molar refractivity (Wildman–Crippen MR) is 113 cm³/mol. The van der Waals surface area contributed by atoms with Crippen molar-refractivity contribution < 1.29 is 23.8 Å². The van der Waals surface area contributed by atoms with E-state index < -0.39 is 5.60 Å². The van der Waals surface area contributed by atoms with Crippen molar-refractivity contribution in [1.29, 1.82) is 0 Å². The topological polar surface area (TPSA) is 94.3 Å². The minimum absolute atomic E-state index is 0.0138. The number of carbonyl (C=O) groups is 2. The van der Waals surface area contributed by atoms with Crippen LogP contribution in [0.25, 0.3) is 0 Å². The molecule has 1 aromatic rings. The second-order valence-corrected chi connectivity index (χ2v) is 8.88. The lowest BCUT2D eigenvalue weighted by atomic mass is 10.1. The molecular formula is C22H33N3O5. The maximum atomic E-state index is 12.3. The van der Waals surface area contributed by atoms with Gasteiger partial charge in [0.1, 0.15) is 18.3 Å². The van der Waals surface area contributed by atoms with Gasteiger partial charge in [-0.05, 0) is 51.3 Å². The van der Waals surface area contributed by atoms with Crippen LogP contribution in [0.1, 0.15) is 39.2 Å². The molecule has 2 saturated heterocycles. The summed E-state index contributed by atoms with van der Waals surface area (Å²) < 4.78 is 16.6. The average molecular weight is 420 g/mol. The van der Waals surface area contributed by atoms with E-state index in [1.165, 1.54) is 0 Å². The Kier molecular flexibility index (Phi) is 7.33. The summed E-state index contributed by atoms with van der Waals surface area (Å²) in [6.45, 7) is 8.92. The molecule has 0 radical (unpaired) electrons. The number of likely N-dealkylation sites (tertiary alicyclic amines) is 1. The molecule has 0 aliphatic carbocycles. The van der Waals surface area contributed by atoms with Crippen molar-refractivity contribution in [2.75, 3.05) is 37.7 Å². The van der Waals surface area contributed by atoms with Gasteiger partial charge in [0.2, 0.25) is 0 Å². The Labute approximate surface area is 178 Å². The van der Waals surface area contributed by atoms with Crippen molar-refractivity contribution in [2.45, 2.75) is 58.0 Å². The molecule has 30 heavy (non-hydrogen) atoms. The maximum absolute atomic E-state index is 12.3. The van der Waals surface area contributed by atoms with Gasteiger partial charge < -0.3 is 19.9 Å². The fraction of sp³-hybridized carbons (Fsp3) is 0.636. The Hall–Kier alpha value is -2.16. The Balaban J connectivity index is 1.40. The first-order valence-corrected chi connectivity index (χ1v) is 10.6. The number of carbonyl (C=O) groups excluding carboxylic acids is 2. The Bertz CT molecular complexity index is 723. The highest BCUT2D eigenvalue weighted by atomic mass is 16.6. The van der Waals surface area contributed by atoms with Gasteiger partial charge in [-0.3, -0.25) is 9.80 Å². The predicted octanol–water partition coefficient (Wildman–Crippen LogP) is 2.29. The summed E-state index contributed by atoms with van der Waals surface area (Å²) in [4.78, 5) is 28.0. The first kappa shape index (κ1) is 22.5. The molecule has 0 spiro atoms. The molecule has 2 heterocycles. The number of piperidine rings is 1. The SMILES string of the molecule is CC(C)(C)OC(=O)COC1CCN(CC2CN(c3ccc(CN)cc3)C(=O)O2)CC1. The fourth-order valence-electron chi connectivity index (χ4n) is 3.74. The molecule has 3 rings (SSSR count).